The summed E-state index contributed by atoms with van der Waals surface area (Å²) < 4.78 is 1.31. The Morgan fingerprint density at radius 1 is 0.964 bits per heavy atom. The Morgan fingerprint density at radius 2 is 1.61 bits per heavy atom. The van der Waals surface area contributed by atoms with Gasteiger partial charge in [-0.1, -0.05) is 24.3 Å². The summed E-state index contributed by atoms with van der Waals surface area (Å²) in [6.45, 7) is 6.62. The third-order valence-electron chi connectivity index (χ3n) is 5.28. The molecule has 0 radical (unpaired) electrons. The lowest BCUT2D eigenvalue weighted by Crippen LogP contribution is -2.48. The van der Waals surface area contributed by atoms with Gasteiger partial charge < -0.3 is 14.9 Å². The maximum absolute atomic E-state index is 12.8. The predicted octanol–water partition coefficient (Wildman–Crippen LogP) is 2.34. The molecule has 1 aliphatic rings. The molecule has 1 N–H and O–H groups in total. The second-order valence-electron chi connectivity index (χ2n) is 7.07. The van der Waals surface area contributed by atoms with E-state index in [9.17, 15) is 14.7 Å². The first-order valence-corrected chi connectivity index (χ1v) is 9.28. The quantitative estimate of drug-likeness (QED) is 0.754. The van der Waals surface area contributed by atoms with Gasteiger partial charge in [-0.2, -0.15) is 0 Å². The van der Waals surface area contributed by atoms with Crippen molar-refractivity contribution in [3.8, 4) is 0 Å². The Bertz CT molecular complexity index is 1110. The van der Waals surface area contributed by atoms with E-state index < -0.39 is 11.5 Å². The lowest BCUT2D eigenvalue weighted by molar-refractivity contribution is 0.0695. The van der Waals surface area contributed by atoms with Gasteiger partial charge in [0, 0.05) is 38.1 Å². The van der Waals surface area contributed by atoms with Crippen molar-refractivity contribution in [3.05, 3.63) is 69.6 Å². The van der Waals surface area contributed by atoms with E-state index in [-0.39, 0.29) is 11.4 Å². The number of pyridine rings is 1. The number of hydrogen-bond donors (Lipinski definition) is 1. The number of carboxylic acid groups (broad SMARTS) is 1. The van der Waals surface area contributed by atoms with E-state index in [0.29, 0.717) is 18.7 Å². The van der Waals surface area contributed by atoms with Gasteiger partial charge in [-0.15, -0.1) is 0 Å². The second kappa shape index (κ2) is 6.99. The highest BCUT2D eigenvalue weighted by Gasteiger charge is 2.27. The smallest absolute Gasteiger partial charge is 0.345 e. The Balaban J connectivity index is 1.71. The molecule has 3 aromatic rings. The van der Waals surface area contributed by atoms with Gasteiger partial charge in [0.05, 0.1) is 0 Å². The average molecular weight is 378 g/mol. The number of hydrogen-bond acceptors (Lipinski definition) is 5. The zero-order chi connectivity index (χ0) is 19.8. The lowest BCUT2D eigenvalue weighted by Gasteiger charge is -2.37. The molecule has 0 saturated carbocycles. The van der Waals surface area contributed by atoms with Crippen LogP contribution in [-0.2, 0) is 0 Å². The topological polar surface area (TPSA) is 78.2 Å². The largest absolute Gasteiger partial charge is 0.477 e. The number of carboxylic acids is 1. The number of benzene rings is 1. The van der Waals surface area contributed by atoms with Crippen molar-refractivity contribution in [1.82, 2.24) is 9.38 Å². The van der Waals surface area contributed by atoms with Gasteiger partial charge in [0.2, 0.25) is 0 Å². The summed E-state index contributed by atoms with van der Waals surface area (Å²) in [5.74, 6) is -0.985. The number of fused-ring (bicyclic) bond motifs is 1. The van der Waals surface area contributed by atoms with E-state index in [4.69, 9.17) is 0 Å². The second-order valence-corrected chi connectivity index (χ2v) is 7.07. The third kappa shape index (κ3) is 2.98. The van der Waals surface area contributed by atoms with E-state index in [1.54, 1.807) is 12.3 Å². The molecule has 1 saturated heterocycles. The van der Waals surface area contributed by atoms with E-state index in [1.807, 2.05) is 30.0 Å². The molecular formula is C21H22N4O3. The standard InChI is InChI=1S/C21H22N4O3/c1-14-6-3-4-8-16(14)23-10-12-24(13-11-23)19-17(21(27)28)20(26)25-9-5-7-15(2)18(25)22-19/h3-9H,10-13H2,1-2H3,(H,27,28). The fraction of sp³-hybridized carbons (Fsp3) is 0.286. The lowest BCUT2D eigenvalue weighted by atomic mass is 10.1. The molecule has 1 fully saturated rings. The molecule has 0 unspecified atom stereocenters. The van der Waals surface area contributed by atoms with Crippen LogP contribution in [0.25, 0.3) is 5.65 Å². The van der Waals surface area contributed by atoms with Gasteiger partial charge in [0.25, 0.3) is 5.56 Å². The first kappa shape index (κ1) is 18.0. The first-order valence-electron chi connectivity index (χ1n) is 9.28. The SMILES string of the molecule is Cc1ccccc1N1CCN(c2nc3c(C)cccn3c(=O)c2C(=O)O)CC1. The van der Waals surface area contributed by atoms with Gasteiger partial charge in [0.1, 0.15) is 5.65 Å². The zero-order valence-corrected chi connectivity index (χ0v) is 15.9. The van der Waals surface area contributed by atoms with E-state index in [0.717, 1.165) is 18.7 Å². The van der Waals surface area contributed by atoms with Gasteiger partial charge in [-0.3, -0.25) is 9.20 Å². The van der Waals surface area contributed by atoms with E-state index in [2.05, 4.69) is 28.9 Å². The number of carbonyl (C=O) groups is 1. The summed E-state index contributed by atoms with van der Waals surface area (Å²) >= 11 is 0. The number of aromatic carboxylic acids is 1. The highest BCUT2D eigenvalue weighted by atomic mass is 16.4. The van der Waals surface area contributed by atoms with Crippen molar-refractivity contribution < 1.29 is 9.90 Å². The van der Waals surface area contributed by atoms with Crippen LogP contribution >= 0.6 is 0 Å². The van der Waals surface area contributed by atoms with Crippen LogP contribution in [0.15, 0.2) is 47.4 Å². The molecule has 2 aromatic heterocycles. The van der Waals surface area contributed by atoms with Crippen molar-refractivity contribution >= 4 is 23.1 Å². The molecule has 1 aliphatic heterocycles. The summed E-state index contributed by atoms with van der Waals surface area (Å²) in [5.41, 5.74) is 2.90. The Labute approximate surface area is 162 Å². The van der Waals surface area contributed by atoms with Crippen LogP contribution in [0.1, 0.15) is 21.5 Å². The minimum atomic E-state index is -1.25. The fourth-order valence-electron chi connectivity index (χ4n) is 3.78. The molecule has 3 heterocycles. The molecular weight excluding hydrogens is 356 g/mol. The zero-order valence-electron chi connectivity index (χ0n) is 15.9. The first-order chi connectivity index (χ1) is 13.5. The Hall–Kier alpha value is -3.35. The molecule has 0 bridgehead atoms. The molecule has 7 heteroatoms. The van der Waals surface area contributed by atoms with Gasteiger partial charge >= 0.3 is 5.97 Å². The monoisotopic (exact) mass is 378 g/mol. The van der Waals surface area contributed by atoms with Crippen molar-refractivity contribution in [2.45, 2.75) is 13.8 Å². The number of piperazine rings is 1. The summed E-state index contributed by atoms with van der Waals surface area (Å²) in [6.07, 6.45) is 1.56. The van der Waals surface area contributed by atoms with Gasteiger partial charge in [-0.25, -0.2) is 9.78 Å². The molecule has 4 rings (SSSR count). The maximum atomic E-state index is 12.8. The van der Waals surface area contributed by atoms with Crippen LogP contribution in [0.3, 0.4) is 0 Å². The van der Waals surface area contributed by atoms with Crippen molar-refractivity contribution in [3.63, 3.8) is 0 Å². The van der Waals surface area contributed by atoms with Crippen molar-refractivity contribution in [2.24, 2.45) is 0 Å². The molecule has 1 aromatic carbocycles. The molecule has 0 aliphatic carbocycles. The van der Waals surface area contributed by atoms with Crippen LogP contribution in [0.5, 0.6) is 0 Å². The van der Waals surface area contributed by atoms with Crippen LogP contribution in [0.2, 0.25) is 0 Å². The van der Waals surface area contributed by atoms with Crippen molar-refractivity contribution in [2.75, 3.05) is 36.0 Å². The number of rotatable bonds is 3. The van der Waals surface area contributed by atoms with Crippen LogP contribution in [-0.4, -0.2) is 46.6 Å². The molecule has 0 atom stereocenters. The summed E-state index contributed by atoms with van der Waals surface area (Å²) in [4.78, 5) is 33.5. The number of nitrogens with zero attached hydrogens (tertiary/aromatic N) is 4. The summed E-state index contributed by atoms with van der Waals surface area (Å²) in [6, 6.07) is 11.8. The number of aryl methyl sites for hydroxylation is 2. The maximum Gasteiger partial charge on any atom is 0.345 e. The highest BCUT2D eigenvalue weighted by Crippen LogP contribution is 2.24. The molecule has 0 spiro atoms. The molecule has 144 valence electrons. The Kier molecular flexibility index (Phi) is 4.50. The van der Waals surface area contributed by atoms with Gasteiger partial charge in [0.15, 0.2) is 11.4 Å². The normalized spacial score (nSPS) is 14.5. The molecule has 28 heavy (non-hydrogen) atoms. The molecule has 7 nitrogen and oxygen atoms in total. The summed E-state index contributed by atoms with van der Waals surface area (Å²) in [5, 5.41) is 9.68. The van der Waals surface area contributed by atoms with Crippen LogP contribution in [0, 0.1) is 13.8 Å². The van der Waals surface area contributed by atoms with Gasteiger partial charge in [-0.05, 0) is 37.1 Å². The minimum absolute atomic E-state index is 0.260. The van der Waals surface area contributed by atoms with Crippen LogP contribution in [0.4, 0.5) is 11.5 Å². The van der Waals surface area contributed by atoms with Crippen LogP contribution < -0.4 is 15.4 Å². The molecule has 0 amide bonds. The van der Waals surface area contributed by atoms with Crippen molar-refractivity contribution in [1.29, 1.82) is 0 Å². The number of para-hydroxylation sites is 1. The van der Waals surface area contributed by atoms with E-state index >= 15 is 0 Å². The third-order valence-corrected chi connectivity index (χ3v) is 5.28. The summed E-state index contributed by atoms with van der Waals surface area (Å²) in [7, 11) is 0. The Morgan fingerprint density at radius 3 is 2.29 bits per heavy atom. The highest BCUT2D eigenvalue weighted by molar-refractivity contribution is 5.93. The number of aromatic nitrogens is 2. The fourth-order valence-corrected chi connectivity index (χ4v) is 3.78. The number of anilines is 2. The minimum Gasteiger partial charge on any atom is -0.477 e. The average Bonchev–Trinajstić information content (AvgIpc) is 2.69. The predicted molar refractivity (Wildman–Crippen MR) is 109 cm³/mol. The van der Waals surface area contributed by atoms with E-state index in [1.165, 1.54) is 15.7 Å².